The zero-order valence-electron chi connectivity index (χ0n) is 20.1. The SMILES string of the molecule is CCN(C(=O)COC(=O)c1ccc(OCC(=O)N2C(C)CCCC2C)cc1)C1CCS(=O)(=O)C1. The zero-order chi connectivity index (χ0) is 24.9. The summed E-state index contributed by atoms with van der Waals surface area (Å²) in [6.07, 6.45) is 3.50. The van der Waals surface area contributed by atoms with Crippen molar-refractivity contribution in [2.24, 2.45) is 0 Å². The van der Waals surface area contributed by atoms with Crippen LogP contribution in [-0.2, 0) is 24.2 Å². The largest absolute Gasteiger partial charge is 0.484 e. The molecule has 2 aliphatic heterocycles. The number of hydrogen-bond acceptors (Lipinski definition) is 7. The van der Waals surface area contributed by atoms with Crippen molar-refractivity contribution in [2.75, 3.05) is 31.3 Å². The van der Waals surface area contributed by atoms with E-state index >= 15 is 0 Å². The highest BCUT2D eigenvalue weighted by atomic mass is 32.2. The number of rotatable bonds is 8. The number of sulfone groups is 1. The van der Waals surface area contributed by atoms with E-state index in [0.29, 0.717) is 18.7 Å². The van der Waals surface area contributed by atoms with Crippen LogP contribution in [0.1, 0.15) is 56.8 Å². The van der Waals surface area contributed by atoms with E-state index in [0.717, 1.165) is 19.3 Å². The Balaban J connectivity index is 1.48. The zero-order valence-corrected chi connectivity index (χ0v) is 20.9. The van der Waals surface area contributed by atoms with Gasteiger partial charge in [-0.05, 0) is 70.7 Å². The van der Waals surface area contributed by atoms with Crippen molar-refractivity contribution in [3.8, 4) is 5.75 Å². The normalized spacial score (nSPS) is 23.9. The van der Waals surface area contributed by atoms with Gasteiger partial charge < -0.3 is 19.3 Å². The Morgan fingerprint density at radius 1 is 1.03 bits per heavy atom. The molecular weight excluding hydrogens is 460 g/mol. The van der Waals surface area contributed by atoms with Gasteiger partial charge in [-0.15, -0.1) is 0 Å². The number of esters is 1. The number of piperidine rings is 1. The van der Waals surface area contributed by atoms with Crippen LogP contribution < -0.4 is 4.74 Å². The van der Waals surface area contributed by atoms with Crippen molar-refractivity contribution in [3.63, 3.8) is 0 Å². The molecule has 2 aliphatic rings. The summed E-state index contributed by atoms with van der Waals surface area (Å²) in [5.74, 6) is -0.674. The van der Waals surface area contributed by atoms with Gasteiger partial charge >= 0.3 is 5.97 Å². The molecule has 3 unspecified atom stereocenters. The minimum Gasteiger partial charge on any atom is -0.484 e. The minimum atomic E-state index is -3.12. The van der Waals surface area contributed by atoms with Crippen LogP contribution in [0.25, 0.3) is 0 Å². The van der Waals surface area contributed by atoms with E-state index in [4.69, 9.17) is 9.47 Å². The lowest BCUT2D eigenvalue weighted by Gasteiger charge is -2.38. The summed E-state index contributed by atoms with van der Waals surface area (Å²) in [4.78, 5) is 40.8. The molecule has 3 atom stereocenters. The van der Waals surface area contributed by atoms with E-state index in [9.17, 15) is 22.8 Å². The molecule has 2 heterocycles. The molecule has 3 rings (SSSR count). The molecule has 0 spiro atoms. The average Bonchev–Trinajstić information content (AvgIpc) is 3.16. The molecule has 10 heteroatoms. The van der Waals surface area contributed by atoms with Gasteiger partial charge in [0.25, 0.3) is 11.8 Å². The van der Waals surface area contributed by atoms with Crippen molar-refractivity contribution in [2.45, 2.75) is 64.6 Å². The number of hydrogen-bond donors (Lipinski definition) is 0. The maximum Gasteiger partial charge on any atom is 0.338 e. The quantitative estimate of drug-likeness (QED) is 0.509. The molecule has 1 aromatic carbocycles. The van der Waals surface area contributed by atoms with E-state index in [1.165, 1.54) is 17.0 Å². The average molecular weight is 495 g/mol. The van der Waals surface area contributed by atoms with E-state index in [1.54, 1.807) is 19.1 Å². The van der Waals surface area contributed by atoms with Crippen LogP contribution in [0.5, 0.6) is 5.75 Å². The topological polar surface area (TPSA) is 110 Å². The van der Waals surface area contributed by atoms with Crippen molar-refractivity contribution in [1.29, 1.82) is 0 Å². The van der Waals surface area contributed by atoms with Crippen LogP contribution in [0.15, 0.2) is 24.3 Å². The smallest absolute Gasteiger partial charge is 0.338 e. The molecule has 9 nitrogen and oxygen atoms in total. The Labute approximate surface area is 201 Å². The third-order valence-corrected chi connectivity index (χ3v) is 8.32. The highest BCUT2D eigenvalue weighted by Gasteiger charge is 2.34. The molecule has 2 fully saturated rings. The van der Waals surface area contributed by atoms with Crippen LogP contribution in [0.4, 0.5) is 0 Å². The van der Waals surface area contributed by atoms with Gasteiger partial charge in [0, 0.05) is 24.7 Å². The summed E-state index contributed by atoms with van der Waals surface area (Å²) < 4.78 is 34.2. The third-order valence-electron chi connectivity index (χ3n) is 6.57. The van der Waals surface area contributed by atoms with Crippen LogP contribution in [-0.4, -0.2) is 85.4 Å². The summed E-state index contributed by atoms with van der Waals surface area (Å²) in [7, 11) is -3.12. The second-order valence-corrected chi connectivity index (χ2v) is 11.3. The molecule has 2 amide bonds. The first-order valence-electron chi connectivity index (χ1n) is 11.8. The first-order chi connectivity index (χ1) is 16.1. The van der Waals surface area contributed by atoms with Gasteiger partial charge in [0.2, 0.25) is 0 Å². The fraction of sp³-hybridized carbons (Fsp3) is 0.625. The Bertz CT molecular complexity index is 983. The monoisotopic (exact) mass is 494 g/mol. The Hall–Kier alpha value is -2.62. The fourth-order valence-electron chi connectivity index (χ4n) is 4.77. The van der Waals surface area contributed by atoms with Crippen molar-refractivity contribution in [1.82, 2.24) is 9.80 Å². The van der Waals surface area contributed by atoms with Gasteiger partial charge in [-0.25, -0.2) is 13.2 Å². The number of benzene rings is 1. The lowest BCUT2D eigenvalue weighted by Crippen LogP contribution is -2.49. The van der Waals surface area contributed by atoms with E-state index in [1.807, 2.05) is 18.7 Å². The van der Waals surface area contributed by atoms with Crippen LogP contribution in [0, 0.1) is 0 Å². The number of likely N-dealkylation sites (N-methyl/N-ethyl adjacent to an activating group) is 1. The van der Waals surface area contributed by atoms with Gasteiger partial charge in [0.05, 0.1) is 17.1 Å². The molecule has 0 bridgehead atoms. The Morgan fingerprint density at radius 2 is 1.68 bits per heavy atom. The number of carbonyl (C=O) groups excluding carboxylic acids is 3. The second-order valence-electron chi connectivity index (χ2n) is 9.06. The molecule has 0 radical (unpaired) electrons. The number of nitrogens with zero attached hydrogens (tertiary/aromatic N) is 2. The number of amides is 2. The van der Waals surface area contributed by atoms with Gasteiger partial charge in [-0.2, -0.15) is 0 Å². The molecular formula is C24H34N2O7S. The maximum atomic E-state index is 12.6. The maximum absolute atomic E-state index is 12.6. The Morgan fingerprint density at radius 3 is 2.24 bits per heavy atom. The predicted molar refractivity (Wildman–Crippen MR) is 126 cm³/mol. The molecule has 1 aromatic rings. The van der Waals surface area contributed by atoms with Gasteiger partial charge in [-0.3, -0.25) is 9.59 Å². The van der Waals surface area contributed by atoms with E-state index in [2.05, 4.69) is 0 Å². The molecule has 0 saturated carbocycles. The van der Waals surface area contributed by atoms with Crippen molar-refractivity contribution >= 4 is 27.6 Å². The summed E-state index contributed by atoms with van der Waals surface area (Å²) in [5.41, 5.74) is 0.247. The number of likely N-dealkylation sites (tertiary alicyclic amines) is 1. The highest BCUT2D eigenvalue weighted by molar-refractivity contribution is 7.91. The predicted octanol–water partition coefficient (Wildman–Crippen LogP) is 2.05. The summed E-state index contributed by atoms with van der Waals surface area (Å²) in [6.45, 7) is 5.68. The first-order valence-corrected chi connectivity index (χ1v) is 13.6. The van der Waals surface area contributed by atoms with Crippen molar-refractivity contribution < 1.29 is 32.3 Å². The molecule has 34 heavy (non-hydrogen) atoms. The third kappa shape index (κ3) is 6.49. The summed E-state index contributed by atoms with van der Waals surface area (Å²) in [5, 5.41) is 0. The number of ether oxygens (including phenoxy) is 2. The molecule has 0 N–H and O–H groups in total. The van der Waals surface area contributed by atoms with E-state index < -0.39 is 28.3 Å². The number of carbonyl (C=O) groups is 3. The molecule has 188 valence electrons. The fourth-order valence-corrected chi connectivity index (χ4v) is 6.50. The van der Waals surface area contributed by atoms with Crippen molar-refractivity contribution in [3.05, 3.63) is 29.8 Å². The van der Waals surface area contributed by atoms with Gasteiger partial charge in [0.15, 0.2) is 23.1 Å². The molecule has 0 aromatic heterocycles. The summed E-state index contributed by atoms with van der Waals surface area (Å²) in [6, 6.07) is 6.20. The minimum absolute atomic E-state index is 0.0555. The molecule has 2 saturated heterocycles. The standard InChI is InChI=1S/C24H34N2O7S/c1-4-25(20-12-13-34(30,31)16-20)22(27)14-33-24(29)19-8-10-21(11-9-19)32-15-23(28)26-17(2)6-5-7-18(26)3/h8-11,17-18,20H,4-7,12-16H2,1-3H3. The first kappa shape index (κ1) is 26.0. The molecule has 0 aliphatic carbocycles. The van der Waals surface area contributed by atoms with Gasteiger partial charge in [-0.1, -0.05) is 0 Å². The lowest BCUT2D eigenvalue weighted by atomic mass is 9.97. The van der Waals surface area contributed by atoms with Crippen LogP contribution in [0.3, 0.4) is 0 Å². The van der Waals surface area contributed by atoms with Crippen LogP contribution >= 0.6 is 0 Å². The van der Waals surface area contributed by atoms with E-state index in [-0.39, 0.29) is 47.7 Å². The van der Waals surface area contributed by atoms with Crippen LogP contribution in [0.2, 0.25) is 0 Å². The highest BCUT2D eigenvalue weighted by Crippen LogP contribution is 2.23. The Kier molecular flexibility index (Phi) is 8.57. The lowest BCUT2D eigenvalue weighted by molar-refractivity contribution is -0.139. The summed E-state index contributed by atoms with van der Waals surface area (Å²) >= 11 is 0. The van der Waals surface area contributed by atoms with Gasteiger partial charge in [0.1, 0.15) is 5.75 Å². The second kappa shape index (κ2) is 11.2.